The van der Waals surface area contributed by atoms with E-state index >= 15 is 0 Å². The van der Waals surface area contributed by atoms with Crippen LogP contribution in [-0.4, -0.2) is 32.6 Å². The molecule has 7 nitrogen and oxygen atoms in total. The van der Waals surface area contributed by atoms with Crippen LogP contribution < -0.4 is 0 Å². The molecule has 2 aliphatic rings. The first-order valence-corrected chi connectivity index (χ1v) is 11.6. The Bertz CT molecular complexity index is 935. The van der Waals surface area contributed by atoms with Crippen LogP contribution in [0.3, 0.4) is 0 Å². The van der Waals surface area contributed by atoms with Crippen molar-refractivity contribution in [3.63, 3.8) is 0 Å². The summed E-state index contributed by atoms with van der Waals surface area (Å²) in [4.78, 5) is 8.02. The Kier molecular flexibility index (Phi) is 11.1. The van der Waals surface area contributed by atoms with Crippen LogP contribution >= 0.6 is 23.2 Å². The molecule has 0 amide bonds. The SMILES string of the molecule is C.Clc1ccc(C2=CCCC2)cn1.O=S(=O)(O)O.OC1(c2ccc(Cl)nc2)CCCC1. The second kappa shape index (κ2) is 12.5. The van der Waals surface area contributed by atoms with Gasteiger partial charge in [-0.2, -0.15) is 8.42 Å². The van der Waals surface area contributed by atoms with E-state index in [9.17, 15) is 5.11 Å². The molecule has 2 heterocycles. The third kappa shape index (κ3) is 10.1. The number of halogens is 2. The summed E-state index contributed by atoms with van der Waals surface area (Å²) in [5.41, 5.74) is 2.89. The van der Waals surface area contributed by atoms with E-state index < -0.39 is 16.0 Å². The number of aromatic nitrogens is 2. The summed E-state index contributed by atoms with van der Waals surface area (Å²) in [5, 5.41) is 11.2. The van der Waals surface area contributed by atoms with Crippen molar-refractivity contribution in [2.45, 2.75) is 58.0 Å². The third-order valence-electron chi connectivity index (χ3n) is 4.83. The minimum Gasteiger partial charge on any atom is -0.385 e. The van der Waals surface area contributed by atoms with E-state index in [-0.39, 0.29) is 7.43 Å². The summed E-state index contributed by atoms with van der Waals surface area (Å²) in [6.07, 6.45) is 13.3. The molecule has 0 aromatic carbocycles. The van der Waals surface area contributed by atoms with Crippen molar-refractivity contribution < 1.29 is 22.6 Å². The van der Waals surface area contributed by atoms with Gasteiger partial charge in [0, 0.05) is 18.0 Å². The van der Waals surface area contributed by atoms with E-state index in [1.165, 1.54) is 30.4 Å². The van der Waals surface area contributed by atoms with Gasteiger partial charge in [-0.25, -0.2) is 9.97 Å². The summed E-state index contributed by atoms with van der Waals surface area (Å²) in [6.45, 7) is 0. The Morgan fingerprint density at radius 2 is 1.45 bits per heavy atom. The number of hydrogen-bond acceptors (Lipinski definition) is 5. The fourth-order valence-corrected chi connectivity index (χ4v) is 3.62. The minimum absolute atomic E-state index is 0. The van der Waals surface area contributed by atoms with E-state index in [0.29, 0.717) is 10.3 Å². The molecular formula is C21H28Cl2N2O5S. The van der Waals surface area contributed by atoms with Crippen molar-refractivity contribution in [3.05, 3.63) is 64.2 Å². The fraction of sp³-hybridized carbons (Fsp3) is 0.429. The summed E-state index contributed by atoms with van der Waals surface area (Å²) >= 11 is 11.4. The lowest BCUT2D eigenvalue weighted by Crippen LogP contribution is -2.20. The van der Waals surface area contributed by atoms with Crippen LogP contribution in [0.15, 0.2) is 42.7 Å². The molecule has 1 saturated carbocycles. The van der Waals surface area contributed by atoms with Gasteiger partial charge in [-0.05, 0) is 55.4 Å². The van der Waals surface area contributed by atoms with E-state index in [1.54, 1.807) is 12.3 Å². The molecule has 2 aliphatic carbocycles. The molecule has 4 rings (SSSR count). The maximum absolute atomic E-state index is 10.2. The van der Waals surface area contributed by atoms with Crippen LogP contribution in [0.1, 0.15) is 63.5 Å². The first-order valence-electron chi connectivity index (χ1n) is 9.42. The van der Waals surface area contributed by atoms with Gasteiger partial charge in [-0.15, -0.1) is 0 Å². The van der Waals surface area contributed by atoms with E-state index in [0.717, 1.165) is 31.2 Å². The molecule has 2 aromatic heterocycles. The third-order valence-corrected chi connectivity index (χ3v) is 5.28. The highest BCUT2D eigenvalue weighted by Crippen LogP contribution is 2.38. The lowest BCUT2D eigenvalue weighted by atomic mass is 9.94. The van der Waals surface area contributed by atoms with Crippen molar-refractivity contribution in [3.8, 4) is 0 Å². The molecule has 10 heteroatoms. The zero-order valence-corrected chi connectivity index (χ0v) is 18.5. The molecule has 3 N–H and O–H groups in total. The molecule has 0 radical (unpaired) electrons. The minimum atomic E-state index is -4.67. The topological polar surface area (TPSA) is 121 Å². The highest BCUT2D eigenvalue weighted by Gasteiger charge is 2.32. The number of aliphatic hydroxyl groups is 1. The molecule has 172 valence electrons. The lowest BCUT2D eigenvalue weighted by molar-refractivity contribution is 0.0441. The Hall–Kier alpha value is -1.55. The summed E-state index contributed by atoms with van der Waals surface area (Å²) in [7, 11) is -4.67. The Labute approximate surface area is 193 Å². The second-order valence-electron chi connectivity index (χ2n) is 7.05. The highest BCUT2D eigenvalue weighted by atomic mass is 35.5. The van der Waals surface area contributed by atoms with Crippen LogP contribution in [0, 0.1) is 0 Å². The van der Waals surface area contributed by atoms with E-state index in [4.69, 9.17) is 40.7 Å². The van der Waals surface area contributed by atoms with Gasteiger partial charge in [0.1, 0.15) is 10.3 Å². The number of nitrogens with zero attached hydrogens (tertiary/aromatic N) is 2. The van der Waals surface area contributed by atoms with Crippen LogP contribution in [0.4, 0.5) is 0 Å². The molecule has 0 saturated heterocycles. The molecule has 0 bridgehead atoms. The van der Waals surface area contributed by atoms with Crippen molar-refractivity contribution >= 4 is 39.2 Å². The lowest BCUT2D eigenvalue weighted by Gasteiger charge is -2.21. The largest absolute Gasteiger partial charge is 0.394 e. The number of hydrogen-bond donors (Lipinski definition) is 3. The van der Waals surface area contributed by atoms with Gasteiger partial charge in [-0.1, -0.05) is 61.7 Å². The van der Waals surface area contributed by atoms with Crippen LogP contribution in [0.5, 0.6) is 0 Å². The second-order valence-corrected chi connectivity index (χ2v) is 8.72. The first kappa shape index (κ1) is 27.5. The van der Waals surface area contributed by atoms with E-state index in [2.05, 4.69) is 16.0 Å². The predicted molar refractivity (Wildman–Crippen MR) is 124 cm³/mol. The monoisotopic (exact) mass is 490 g/mol. The Morgan fingerprint density at radius 3 is 1.87 bits per heavy atom. The van der Waals surface area contributed by atoms with Gasteiger partial charge >= 0.3 is 10.4 Å². The van der Waals surface area contributed by atoms with Crippen molar-refractivity contribution in [1.29, 1.82) is 0 Å². The fourth-order valence-electron chi connectivity index (χ4n) is 3.40. The predicted octanol–water partition coefficient (Wildman–Crippen LogP) is 5.78. The summed E-state index contributed by atoms with van der Waals surface area (Å²) in [6, 6.07) is 7.47. The molecule has 1 fully saturated rings. The van der Waals surface area contributed by atoms with E-state index in [1.807, 2.05) is 24.4 Å². The summed E-state index contributed by atoms with van der Waals surface area (Å²) < 4.78 is 31.6. The van der Waals surface area contributed by atoms with Gasteiger partial charge in [-0.3, -0.25) is 9.11 Å². The van der Waals surface area contributed by atoms with Gasteiger partial charge in [0.05, 0.1) is 5.60 Å². The maximum Gasteiger partial charge on any atom is 0.394 e. The zero-order valence-electron chi connectivity index (χ0n) is 16.2. The number of allylic oxidation sites excluding steroid dienone is 2. The molecular weight excluding hydrogens is 463 g/mol. The van der Waals surface area contributed by atoms with Crippen molar-refractivity contribution in [1.82, 2.24) is 9.97 Å². The van der Waals surface area contributed by atoms with Gasteiger partial charge < -0.3 is 5.11 Å². The number of pyridine rings is 2. The average Bonchev–Trinajstić information content (AvgIpc) is 3.35. The van der Waals surface area contributed by atoms with Gasteiger partial charge in [0.2, 0.25) is 0 Å². The van der Waals surface area contributed by atoms with Crippen molar-refractivity contribution in [2.75, 3.05) is 0 Å². The molecule has 2 aromatic rings. The molecule has 0 aliphatic heterocycles. The molecule has 31 heavy (non-hydrogen) atoms. The first-order chi connectivity index (χ1) is 14.1. The molecule has 0 spiro atoms. The smallest absolute Gasteiger partial charge is 0.385 e. The normalized spacial score (nSPS) is 16.7. The Morgan fingerprint density at radius 1 is 0.903 bits per heavy atom. The quantitative estimate of drug-likeness (QED) is 0.360. The van der Waals surface area contributed by atoms with Crippen LogP contribution in [0.25, 0.3) is 5.57 Å². The zero-order chi connectivity index (χ0) is 22.2. The van der Waals surface area contributed by atoms with Gasteiger partial charge in [0.25, 0.3) is 0 Å². The Balaban J connectivity index is 0.000000250. The summed E-state index contributed by atoms with van der Waals surface area (Å²) in [5.74, 6) is 0. The number of rotatable bonds is 2. The molecule has 0 unspecified atom stereocenters. The van der Waals surface area contributed by atoms with Crippen LogP contribution in [0.2, 0.25) is 10.3 Å². The van der Waals surface area contributed by atoms with Crippen LogP contribution in [-0.2, 0) is 16.0 Å². The van der Waals surface area contributed by atoms with Crippen molar-refractivity contribution in [2.24, 2.45) is 0 Å². The van der Waals surface area contributed by atoms with Gasteiger partial charge in [0.15, 0.2) is 0 Å². The maximum atomic E-state index is 10.2. The molecule has 0 atom stereocenters. The standard InChI is InChI=1S/C10H12ClNO.C10H10ClN.CH4.H2O4S/c11-9-4-3-8(7-12-9)10(13)5-1-2-6-10;11-10-6-5-9(7-12-10)8-3-1-2-4-8;;1-5(2,3)4/h3-4,7,13H,1-2,5-6H2;3,5-7H,1-2,4H2;1H4;(H2,1,2,3,4). The average molecular weight is 491 g/mol. The highest BCUT2D eigenvalue weighted by molar-refractivity contribution is 7.79.